The second kappa shape index (κ2) is 5.81. The molecule has 0 amide bonds. The number of fused-ring (bicyclic) bond motifs is 1. The van der Waals surface area contributed by atoms with Crippen LogP contribution in [-0.2, 0) is 6.54 Å². The number of hydrogen-bond donors (Lipinski definition) is 0. The normalized spacial score (nSPS) is 11.0. The summed E-state index contributed by atoms with van der Waals surface area (Å²) in [7, 11) is 0. The fourth-order valence-corrected chi connectivity index (χ4v) is 2.83. The van der Waals surface area contributed by atoms with Gasteiger partial charge < -0.3 is 8.98 Å². The van der Waals surface area contributed by atoms with Gasteiger partial charge in [-0.05, 0) is 41.3 Å². The lowest BCUT2D eigenvalue weighted by Gasteiger charge is -2.09. The van der Waals surface area contributed by atoms with Crippen molar-refractivity contribution in [2.45, 2.75) is 6.54 Å². The van der Waals surface area contributed by atoms with Crippen LogP contribution in [0, 0.1) is 5.82 Å². The van der Waals surface area contributed by atoms with E-state index in [2.05, 4.69) is 0 Å². The number of halogens is 1. The molecule has 0 unspecified atom stereocenters. The summed E-state index contributed by atoms with van der Waals surface area (Å²) >= 11 is 0. The van der Waals surface area contributed by atoms with Gasteiger partial charge in [0.1, 0.15) is 5.82 Å². The molecule has 4 rings (SSSR count). The van der Waals surface area contributed by atoms with E-state index in [-0.39, 0.29) is 17.9 Å². The van der Waals surface area contributed by atoms with Crippen molar-refractivity contribution >= 4 is 10.8 Å². The Labute approximate surface area is 137 Å². The maximum atomic E-state index is 13.8. The molecule has 24 heavy (non-hydrogen) atoms. The van der Waals surface area contributed by atoms with E-state index in [4.69, 9.17) is 4.42 Å². The highest BCUT2D eigenvalue weighted by molar-refractivity contribution is 5.86. The lowest BCUT2D eigenvalue weighted by Crippen LogP contribution is -2.20. The van der Waals surface area contributed by atoms with E-state index in [1.165, 1.54) is 10.6 Å². The third-order valence-electron chi connectivity index (χ3n) is 4.13. The minimum Gasteiger partial charge on any atom is -0.472 e. The number of hydrogen-bond acceptors (Lipinski definition) is 2. The summed E-state index contributed by atoms with van der Waals surface area (Å²) < 4.78 is 20.4. The van der Waals surface area contributed by atoms with Crippen LogP contribution in [0.15, 0.2) is 82.5 Å². The molecule has 0 atom stereocenters. The van der Waals surface area contributed by atoms with Gasteiger partial charge in [-0.25, -0.2) is 4.39 Å². The van der Waals surface area contributed by atoms with Gasteiger partial charge in [0.15, 0.2) is 0 Å². The van der Waals surface area contributed by atoms with Crippen LogP contribution in [0.5, 0.6) is 0 Å². The quantitative estimate of drug-likeness (QED) is 0.559. The van der Waals surface area contributed by atoms with Crippen LogP contribution in [0.25, 0.3) is 21.9 Å². The molecule has 0 aliphatic heterocycles. The molecule has 118 valence electrons. The van der Waals surface area contributed by atoms with E-state index in [0.717, 1.165) is 16.5 Å². The van der Waals surface area contributed by atoms with Crippen LogP contribution >= 0.6 is 0 Å². The maximum absolute atomic E-state index is 13.8. The predicted octanol–water partition coefficient (Wildman–Crippen LogP) is 4.45. The molecular formula is C20H14FNO2. The second-order valence-electron chi connectivity index (χ2n) is 5.65. The van der Waals surface area contributed by atoms with Crippen molar-refractivity contribution in [1.29, 1.82) is 0 Å². The predicted molar refractivity (Wildman–Crippen MR) is 91.4 cm³/mol. The highest BCUT2D eigenvalue weighted by atomic mass is 19.1. The summed E-state index contributed by atoms with van der Waals surface area (Å²) in [6.07, 6.45) is 4.99. The topological polar surface area (TPSA) is 35.1 Å². The first kappa shape index (κ1) is 14.5. The van der Waals surface area contributed by atoms with Gasteiger partial charge in [0.2, 0.25) is 0 Å². The fourth-order valence-electron chi connectivity index (χ4n) is 2.83. The minimum atomic E-state index is -0.306. The molecule has 4 heteroatoms. The van der Waals surface area contributed by atoms with Crippen molar-refractivity contribution in [2.75, 3.05) is 0 Å². The van der Waals surface area contributed by atoms with Crippen LogP contribution in [0.4, 0.5) is 4.39 Å². The third kappa shape index (κ3) is 2.52. The van der Waals surface area contributed by atoms with Gasteiger partial charge in [-0.15, -0.1) is 0 Å². The molecule has 0 fully saturated rings. The molecule has 0 saturated heterocycles. The van der Waals surface area contributed by atoms with Gasteiger partial charge in [-0.3, -0.25) is 4.79 Å². The molecule has 0 saturated carbocycles. The Bertz CT molecular complexity index is 1060. The molecular weight excluding hydrogens is 305 g/mol. The van der Waals surface area contributed by atoms with Gasteiger partial charge in [0.25, 0.3) is 5.56 Å². The Balaban J connectivity index is 1.77. The van der Waals surface area contributed by atoms with E-state index in [1.807, 2.05) is 24.3 Å². The molecule has 0 N–H and O–H groups in total. The van der Waals surface area contributed by atoms with Crippen molar-refractivity contribution in [3.05, 3.63) is 95.1 Å². The Morgan fingerprint density at radius 1 is 1.00 bits per heavy atom. The molecule has 2 aromatic carbocycles. The molecule has 2 heterocycles. The molecule has 0 bridgehead atoms. The lowest BCUT2D eigenvalue weighted by atomic mass is 10.0. The van der Waals surface area contributed by atoms with E-state index >= 15 is 0 Å². The van der Waals surface area contributed by atoms with Gasteiger partial charge in [-0.1, -0.05) is 24.3 Å². The first-order chi connectivity index (χ1) is 11.7. The first-order valence-corrected chi connectivity index (χ1v) is 7.61. The largest absolute Gasteiger partial charge is 0.472 e. The van der Waals surface area contributed by atoms with Crippen molar-refractivity contribution in [2.24, 2.45) is 0 Å². The fraction of sp³-hybridized carbons (Fsp3) is 0.0500. The van der Waals surface area contributed by atoms with Crippen LogP contribution in [-0.4, -0.2) is 4.57 Å². The maximum Gasteiger partial charge on any atom is 0.258 e. The van der Waals surface area contributed by atoms with Crippen LogP contribution in [0.1, 0.15) is 5.56 Å². The number of rotatable bonds is 3. The highest BCUT2D eigenvalue weighted by Crippen LogP contribution is 2.23. The third-order valence-corrected chi connectivity index (χ3v) is 4.13. The molecule has 4 aromatic rings. The Kier molecular flexibility index (Phi) is 3.50. The monoisotopic (exact) mass is 319 g/mol. The zero-order chi connectivity index (χ0) is 16.5. The van der Waals surface area contributed by atoms with Crippen molar-refractivity contribution in [3.63, 3.8) is 0 Å². The Morgan fingerprint density at radius 2 is 1.88 bits per heavy atom. The molecule has 0 spiro atoms. The standard InChI is InChI=1S/C20H14FNO2/c21-19-4-2-1-3-16(19)12-22-9-7-15-11-14(17-8-10-24-13-17)5-6-18(15)20(22)23/h1-11,13H,12H2. The zero-order valence-electron chi connectivity index (χ0n) is 12.8. The first-order valence-electron chi connectivity index (χ1n) is 7.61. The van der Waals surface area contributed by atoms with Crippen molar-refractivity contribution in [3.8, 4) is 11.1 Å². The van der Waals surface area contributed by atoms with E-state index in [9.17, 15) is 9.18 Å². The van der Waals surface area contributed by atoms with Gasteiger partial charge >= 0.3 is 0 Å². The van der Waals surface area contributed by atoms with Gasteiger partial charge in [-0.2, -0.15) is 0 Å². The molecule has 0 radical (unpaired) electrons. The van der Waals surface area contributed by atoms with Crippen LogP contribution in [0.2, 0.25) is 0 Å². The zero-order valence-corrected chi connectivity index (χ0v) is 12.8. The summed E-state index contributed by atoms with van der Waals surface area (Å²) in [4.78, 5) is 12.7. The highest BCUT2D eigenvalue weighted by Gasteiger charge is 2.08. The van der Waals surface area contributed by atoms with Crippen molar-refractivity contribution < 1.29 is 8.81 Å². The molecule has 2 aromatic heterocycles. The average Bonchev–Trinajstić information content (AvgIpc) is 3.13. The summed E-state index contributed by atoms with van der Waals surface area (Å²) in [6.45, 7) is 0.213. The van der Waals surface area contributed by atoms with Gasteiger partial charge in [0, 0.05) is 22.7 Å². The van der Waals surface area contributed by atoms with Crippen molar-refractivity contribution in [1.82, 2.24) is 4.57 Å². The summed E-state index contributed by atoms with van der Waals surface area (Å²) in [5, 5.41) is 1.46. The smallest absolute Gasteiger partial charge is 0.258 e. The SMILES string of the molecule is O=c1c2ccc(-c3ccoc3)cc2ccn1Cc1ccccc1F. The number of nitrogens with zero attached hydrogens (tertiary/aromatic N) is 1. The summed E-state index contributed by atoms with van der Waals surface area (Å²) in [6, 6.07) is 15.9. The Morgan fingerprint density at radius 3 is 2.67 bits per heavy atom. The van der Waals surface area contributed by atoms with E-state index in [1.54, 1.807) is 43.0 Å². The number of aromatic nitrogens is 1. The summed E-state index contributed by atoms with van der Waals surface area (Å²) in [5.74, 6) is -0.306. The molecule has 0 aliphatic carbocycles. The van der Waals surface area contributed by atoms with Gasteiger partial charge in [0.05, 0.1) is 19.1 Å². The Hall–Kier alpha value is -3.14. The molecule has 0 aliphatic rings. The summed E-state index contributed by atoms with van der Waals surface area (Å²) in [5.41, 5.74) is 2.32. The number of benzene rings is 2. The van der Waals surface area contributed by atoms with E-state index in [0.29, 0.717) is 10.9 Å². The molecule has 3 nitrogen and oxygen atoms in total. The second-order valence-corrected chi connectivity index (χ2v) is 5.65. The van der Waals surface area contributed by atoms with E-state index < -0.39 is 0 Å². The number of pyridine rings is 1. The average molecular weight is 319 g/mol. The van der Waals surface area contributed by atoms with Crippen LogP contribution in [0.3, 0.4) is 0 Å². The number of furan rings is 1. The van der Waals surface area contributed by atoms with Crippen LogP contribution < -0.4 is 5.56 Å². The lowest BCUT2D eigenvalue weighted by molar-refractivity contribution is 0.568. The minimum absolute atomic E-state index is 0.130.